The first-order valence-electron chi connectivity index (χ1n) is 8.05. The van der Waals surface area contributed by atoms with Crippen molar-refractivity contribution in [3.05, 3.63) is 24.0 Å². The van der Waals surface area contributed by atoms with Gasteiger partial charge in [-0.2, -0.15) is 0 Å². The first kappa shape index (κ1) is 16.6. The van der Waals surface area contributed by atoms with Crippen LogP contribution < -0.4 is 5.32 Å². The van der Waals surface area contributed by atoms with Gasteiger partial charge in [0.25, 0.3) is 0 Å². The molecular formula is C17H26FNOS. The Kier molecular flexibility index (Phi) is 6.37. The summed E-state index contributed by atoms with van der Waals surface area (Å²) in [6.45, 7) is 7.14. The molecule has 1 atom stereocenters. The Bertz CT molecular complexity index is 446. The summed E-state index contributed by atoms with van der Waals surface area (Å²) in [5.41, 5.74) is 0.921. The van der Waals surface area contributed by atoms with E-state index >= 15 is 0 Å². The molecule has 1 N–H and O–H groups in total. The van der Waals surface area contributed by atoms with E-state index in [1.807, 2.05) is 13.8 Å². The molecule has 1 aromatic carbocycles. The number of nitrogens with one attached hydrogen (secondary N) is 1. The third kappa shape index (κ3) is 4.62. The molecule has 1 saturated carbocycles. The molecule has 1 unspecified atom stereocenters. The first-order valence-corrected chi connectivity index (χ1v) is 8.93. The Morgan fingerprint density at radius 1 is 1.24 bits per heavy atom. The summed E-state index contributed by atoms with van der Waals surface area (Å²) in [6.07, 6.45) is 5.20. The molecule has 0 amide bonds. The van der Waals surface area contributed by atoms with Gasteiger partial charge in [-0.05, 0) is 42.9 Å². The Balaban J connectivity index is 0.000000774. The van der Waals surface area contributed by atoms with E-state index in [-0.39, 0.29) is 11.4 Å². The topological polar surface area (TPSA) is 21.3 Å². The summed E-state index contributed by atoms with van der Waals surface area (Å²) in [5.74, 6) is 1.39. The van der Waals surface area contributed by atoms with Gasteiger partial charge in [0.2, 0.25) is 0 Å². The molecule has 0 bridgehead atoms. The average Bonchev–Trinajstić information content (AvgIpc) is 2.91. The third-order valence-corrected chi connectivity index (χ3v) is 5.13. The summed E-state index contributed by atoms with van der Waals surface area (Å²) in [5, 5.41) is 3.28. The molecule has 3 rings (SSSR count). The van der Waals surface area contributed by atoms with Gasteiger partial charge in [0, 0.05) is 4.90 Å². The second-order valence-corrected chi connectivity index (χ2v) is 6.80. The number of benzene rings is 1. The van der Waals surface area contributed by atoms with Crippen molar-refractivity contribution in [3.63, 3.8) is 0 Å². The molecule has 1 aliphatic carbocycles. The van der Waals surface area contributed by atoms with E-state index < -0.39 is 0 Å². The third-order valence-electron chi connectivity index (χ3n) is 4.07. The zero-order valence-electron chi connectivity index (χ0n) is 13.2. The molecule has 1 fully saturated rings. The highest BCUT2D eigenvalue weighted by Crippen LogP contribution is 2.39. The van der Waals surface area contributed by atoms with Crippen molar-refractivity contribution in [2.45, 2.75) is 56.9 Å². The molecule has 0 saturated heterocycles. The van der Waals surface area contributed by atoms with Gasteiger partial charge < -0.3 is 10.1 Å². The van der Waals surface area contributed by atoms with Crippen LogP contribution in [0.5, 0.6) is 0 Å². The molecule has 2 nitrogen and oxygen atoms in total. The summed E-state index contributed by atoms with van der Waals surface area (Å²) in [6, 6.07) is 4.83. The zero-order valence-corrected chi connectivity index (χ0v) is 14.0. The van der Waals surface area contributed by atoms with Crippen molar-refractivity contribution in [2.24, 2.45) is 11.8 Å². The monoisotopic (exact) mass is 311 g/mol. The standard InChI is InChI=1S/C15H20FNOS.C2H6/c1-10-2-4-11(5-3-10)9-18-15-17-13-7-6-12(16)8-14(13)19-15;1-2/h6-8,10-11,15,17H,2-5,9H2,1H3;1-2H3. The Morgan fingerprint density at radius 3 is 2.67 bits per heavy atom. The molecule has 0 aromatic heterocycles. The molecule has 0 radical (unpaired) electrons. The van der Waals surface area contributed by atoms with Crippen molar-refractivity contribution < 1.29 is 9.13 Å². The SMILES string of the molecule is CC.CC1CCC(COC2Nc3ccc(F)cc3S2)CC1. The Hall–Kier alpha value is -0.740. The molecule has 0 spiro atoms. The fourth-order valence-corrected chi connectivity index (χ4v) is 3.78. The number of fused-ring (bicyclic) bond motifs is 1. The van der Waals surface area contributed by atoms with Gasteiger partial charge >= 0.3 is 0 Å². The molecule has 4 heteroatoms. The maximum Gasteiger partial charge on any atom is 0.180 e. The molecule has 1 heterocycles. The van der Waals surface area contributed by atoms with Gasteiger partial charge in [-0.25, -0.2) is 4.39 Å². The summed E-state index contributed by atoms with van der Waals surface area (Å²) < 4.78 is 19.0. The zero-order chi connectivity index (χ0) is 15.2. The van der Waals surface area contributed by atoms with Crippen molar-refractivity contribution >= 4 is 17.4 Å². The Morgan fingerprint density at radius 2 is 1.95 bits per heavy atom. The van der Waals surface area contributed by atoms with E-state index in [0.717, 1.165) is 23.1 Å². The minimum absolute atomic E-state index is 0.0591. The molecule has 118 valence electrons. The van der Waals surface area contributed by atoms with Gasteiger partial charge in [0.05, 0.1) is 12.3 Å². The number of hydrogen-bond donors (Lipinski definition) is 1. The van der Waals surface area contributed by atoms with Crippen molar-refractivity contribution in [1.82, 2.24) is 0 Å². The van der Waals surface area contributed by atoms with E-state index in [1.165, 1.54) is 31.7 Å². The van der Waals surface area contributed by atoms with E-state index in [2.05, 4.69) is 12.2 Å². The van der Waals surface area contributed by atoms with Crippen LogP contribution in [-0.2, 0) is 4.74 Å². The predicted octanol–water partition coefficient (Wildman–Crippen LogP) is 5.50. The van der Waals surface area contributed by atoms with Gasteiger partial charge in [0.1, 0.15) is 5.82 Å². The summed E-state index contributed by atoms with van der Waals surface area (Å²) in [4.78, 5) is 0.947. The molecule has 1 aromatic rings. The van der Waals surface area contributed by atoms with E-state index in [4.69, 9.17) is 4.74 Å². The lowest BCUT2D eigenvalue weighted by atomic mass is 9.83. The number of rotatable bonds is 3. The van der Waals surface area contributed by atoms with Gasteiger partial charge in [-0.1, -0.05) is 45.4 Å². The van der Waals surface area contributed by atoms with Crippen LogP contribution in [0.15, 0.2) is 23.1 Å². The van der Waals surface area contributed by atoms with Gasteiger partial charge in [-0.3, -0.25) is 0 Å². The number of thioether (sulfide) groups is 1. The van der Waals surface area contributed by atoms with E-state index in [1.54, 1.807) is 23.9 Å². The lowest BCUT2D eigenvalue weighted by Crippen LogP contribution is -2.22. The van der Waals surface area contributed by atoms with Gasteiger partial charge in [0.15, 0.2) is 5.56 Å². The largest absolute Gasteiger partial charge is 0.350 e. The predicted molar refractivity (Wildman–Crippen MR) is 88.1 cm³/mol. The maximum atomic E-state index is 13.1. The molecule has 2 aliphatic rings. The van der Waals surface area contributed by atoms with Crippen LogP contribution in [0, 0.1) is 17.7 Å². The van der Waals surface area contributed by atoms with E-state index in [9.17, 15) is 4.39 Å². The molecule has 1 aliphatic heterocycles. The molecule has 21 heavy (non-hydrogen) atoms. The van der Waals surface area contributed by atoms with Crippen LogP contribution in [-0.4, -0.2) is 12.2 Å². The van der Waals surface area contributed by atoms with Crippen LogP contribution in [0.1, 0.15) is 46.5 Å². The first-order chi connectivity index (χ1) is 10.2. The Labute approximate surface area is 131 Å². The lowest BCUT2D eigenvalue weighted by molar-refractivity contribution is 0.0759. The highest BCUT2D eigenvalue weighted by Gasteiger charge is 2.24. The van der Waals surface area contributed by atoms with Crippen molar-refractivity contribution in [1.29, 1.82) is 0 Å². The average molecular weight is 311 g/mol. The van der Waals surface area contributed by atoms with Crippen LogP contribution >= 0.6 is 11.8 Å². The minimum Gasteiger partial charge on any atom is -0.350 e. The summed E-state index contributed by atoms with van der Waals surface area (Å²) >= 11 is 1.57. The van der Waals surface area contributed by atoms with E-state index in [0.29, 0.717) is 5.92 Å². The maximum absolute atomic E-state index is 13.1. The quantitative estimate of drug-likeness (QED) is 0.797. The highest BCUT2D eigenvalue weighted by atomic mass is 32.2. The van der Waals surface area contributed by atoms with Crippen LogP contribution in [0.4, 0.5) is 10.1 Å². The number of halogens is 1. The van der Waals surface area contributed by atoms with Crippen LogP contribution in [0.3, 0.4) is 0 Å². The fraction of sp³-hybridized carbons (Fsp3) is 0.647. The highest BCUT2D eigenvalue weighted by molar-refractivity contribution is 8.00. The molecular weight excluding hydrogens is 285 g/mol. The second kappa shape index (κ2) is 8.04. The van der Waals surface area contributed by atoms with Crippen molar-refractivity contribution in [3.8, 4) is 0 Å². The van der Waals surface area contributed by atoms with Crippen molar-refractivity contribution in [2.75, 3.05) is 11.9 Å². The number of ether oxygens (including phenoxy) is 1. The van der Waals surface area contributed by atoms with Crippen LogP contribution in [0.25, 0.3) is 0 Å². The fourth-order valence-electron chi connectivity index (χ4n) is 2.78. The lowest BCUT2D eigenvalue weighted by Gasteiger charge is -2.26. The number of hydrogen-bond acceptors (Lipinski definition) is 3. The van der Waals surface area contributed by atoms with Gasteiger partial charge in [-0.15, -0.1) is 0 Å². The second-order valence-electron chi connectivity index (χ2n) is 5.69. The smallest absolute Gasteiger partial charge is 0.180 e. The number of anilines is 1. The van der Waals surface area contributed by atoms with Crippen LogP contribution in [0.2, 0.25) is 0 Å². The minimum atomic E-state index is -0.185. The normalized spacial score (nSPS) is 27.3. The summed E-state index contributed by atoms with van der Waals surface area (Å²) in [7, 11) is 0.